The third-order valence-corrected chi connectivity index (χ3v) is 2.00. The summed E-state index contributed by atoms with van der Waals surface area (Å²) in [6.45, 7) is 7.82. The second-order valence-electron chi connectivity index (χ2n) is 2.91. The number of aldehydes is 1. The molecule has 68 valence electrons. The fraction of sp³-hybridized carbons (Fsp3) is 0.545. The molecule has 0 saturated carbocycles. The van der Waals surface area contributed by atoms with Crippen molar-refractivity contribution in [3.05, 3.63) is 24.3 Å². The third-order valence-electron chi connectivity index (χ3n) is 2.00. The van der Waals surface area contributed by atoms with Gasteiger partial charge in [0.25, 0.3) is 0 Å². The van der Waals surface area contributed by atoms with E-state index in [1.165, 1.54) is 0 Å². The molecule has 0 amide bonds. The van der Waals surface area contributed by atoms with Gasteiger partial charge in [-0.1, -0.05) is 26.0 Å². The van der Waals surface area contributed by atoms with Crippen LogP contribution in [-0.2, 0) is 4.79 Å². The third kappa shape index (κ3) is 4.12. The maximum absolute atomic E-state index is 10.5. The molecule has 0 aromatic rings. The Labute approximate surface area is 75.2 Å². The summed E-state index contributed by atoms with van der Waals surface area (Å²) in [5, 5.41) is 0. The van der Waals surface area contributed by atoms with Crippen molar-refractivity contribution in [2.75, 3.05) is 0 Å². The minimum Gasteiger partial charge on any atom is -0.298 e. The zero-order valence-corrected chi connectivity index (χ0v) is 8.05. The van der Waals surface area contributed by atoms with Crippen LogP contribution < -0.4 is 0 Å². The van der Waals surface area contributed by atoms with Gasteiger partial charge in [0.2, 0.25) is 0 Å². The molecule has 0 spiro atoms. The zero-order valence-electron chi connectivity index (χ0n) is 8.05. The number of carbonyl (C=O) groups excluding carboxylic acids is 1. The van der Waals surface area contributed by atoms with E-state index >= 15 is 0 Å². The van der Waals surface area contributed by atoms with E-state index in [0.29, 0.717) is 5.92 Å². The Hall–Kier alpha value is -0.850. The molecule has 0 heterocycles. The van der Waals surface area contributed by atoms with Crippen molar-refractivity contribution in [1.29, 1.82) is 0 Å². The Morgan fingerprint density at radius 3 is 2.50 bits per heavy atom. The van der Waals surface area contributed by atoms with E-state index in [4.69, 9.17) is 0 Å². The second kappa shape index (κ2) is 6.84. The molecule has 0 radical (unpaired) electrons. The first kappa shape index (κ1) is 11.2. The topological polar surface area (TPSA) is 17.1 Å². The van der Waals surface area contributed by atoms with Crippen LogP contribution in [0.25, 0.3) is 0 Å². The highest BCUT2D eigenvalue weighted by atomic mass is 16.1. The van der Waals surface area contributed by atoms with Crippen LogP contribution in [0.2, 0.25) is 0 Å². The van der Waals surface area contributed by atoms with Gasteiger partial charge in [-0.2, -0.15) is 0 Å². The fourth-order valence-electron chi connectivity index (χ4n) is 1.11. The second-order valence-corrected chi connectivity index (χ2v) is 2.91. The summed E-state index contributed by atoms with van der Waals surface area (Å²) >= 11 is 0. The van der Waals surface area contributed by atoms with Gasteiger partial charge in [0.1, 0.15) is 6.29 Å². The van der Waals surface area contributed by atoms with Gasteiger partial charge in [0.05, 0.1) is 0 Å². The first-order valence-electron chi connectivity index (χ1n) is 4.55. The molecule has 1 nitrogen and oxygen atoms in total. The lowest BCUT2D eigenvalue weighted by Crippen LogP contribution is -1.95. The highest BCUT2D eigenvalue weighted by Gasteiger charge is 2.01. The molecule has 0 aliphatic rings. The van der Waals surface area contributed by atoms with Gasteiger partial charge >= 0.3 is 0 Å². The number of rotatable bonds is 6. The fourth-order valence-corrected chi connectivity index (χ4v) is 1.11. The van der Waals surface area contributed by atoms with Crippen molar-refractivity contribution in [1.82, 2.24) is 0 Å². The lowest BCUT2D eigenvalue weighted by atomic mass is 9.99. The number of carbonyl (C=O) groups is 1. The zero-order chi connectivity index (χ0) is 9.40. The van der Waals surface area contributed by atoms with E-state index < -0.39 is 0 Å². The minimum atomic E-state index is 0.489. The van der Waals surface area contributed by atoms with Gasteiger partial charge < -0.3 is 0 Å². The first-order chi connectivity index (χ1) is 5.78. The molecule has 0 fully saturated rings. The Morgan fingerprint density at radius 1 is 1.50 bits per heavy atom. The van der Waals surface area contributed by atoms with Gasteiger partial charge in [-0.3, -0.25) is 4.79 Å². The number of hydrogen-bond donors (Lipinski definition) is 0. The summed E-state index contributed by atoms with van der Waals surface area (Å²) in [4.78, 5) is 10.5. The van der Waals surface area contributed by atoms with E-state index in [9.17, 15) is 4.79 Å². The Kier molecular flexibility index (Phi) is 6.35. The average molecular weight is 166 g/mol. The molecule has 12 heavy (non-hydrogen) atoms. The van der Waals surface area contributed by atoms with Crippen LogP contribution in [0.4, 0.5) is 0 Å². The highest BCUT2D eigenvalue weighted by Crippen LogP contribution is 2.13. The molecule has 0 N–H and O–H groups in total. The summed E-state index contributed by atoms with van der Waals surface area (Å²) in [6.07, 6.45) is 7.79. The molecule has 1 atom stereocenters. The van der Waals surface area contributed by atoms with Crippen molar-refractivity contribution in [3.63, 3.8) is 0 Å². The van der Waals surface area contributed by atoms with Crippen molar-refractivity contribution in [2.45, 2.75) is 33.1 Å². The van der Waals surface area contributed by atoms with Gasteiger partial charge in [-0.05, 0) is 30.8 Å². The van der Waals surface area contributed by atoms with E-state index in [2.05, 4.69) is 19.6 Å². The van der Waals surface area contributed by atoms with E-state index in [1.54, 1.807) is 0 Å². The Morgan fingerprint density at radius 2 is 2.17 bits per heavy atom. The molecule has 0 aliphatic heterocycles. The molecular weight excluding hydrogens is 148 g/mol. The number of allylic oxidation sites excluding steroid dienone is 3. The van der Waals surface area contributed by atoms with Crippen LogP contribution in [-0.4, -0.2) is 6.29 Å². The maximum atomic E-state index is 10.5. The lowest BCUT2D eigenvalue weighted by Gasteiger charge is -2.07. The van der Waals surface area contributed by atoms with Crippen LogP contribution in [0.1, 0.15) is 33.1 Å². The Balaban J connectivity index is 4.20. The monoisotopic (exact) mass is 166 g/mol. The first-order valence-corrected chi connectivity index (χ1v) is 4.55. The SMILES string of the molecule is C=CC[C@@H](/C=C(\C=O)CC)CC. The van der Waals surface area contributed by atoms with Gasteiger partial charge in [0, 0.05) is 0 Å². The van der Waals surface area contributed by atoms with Gasteiger partial charge in [-0.25, -0.2) is 0 Å². The van der Waals surface area contributed by atoms with Crippen LogP contribution >= 0.6 is 0 Å². The summed E-state index contributed by atoms with van der Waals surface area (Å²) in [7, 11) is 0. The van der Waals surface area contributed by atoms with Crippen LogP contribution in [0.3, 0.4) is 0 Å². The minimum absolute atomic E-state index is 0.489. The molecule has 1 heteroatoms. The molecule has 0 aliphatic carbocycles. The van der Waals surface area contributed by atoms with E-state index in [-0.39, 0.29) is 0 Å². The summed E-state index contributed by atoms with van der Waals surface area (Å²) in [5.74, 6) is 0.489. The van der Waals surface area contributed by atoms with Crippen LogP contribution in [0.5, 0.6) is 0 Å². The van der Waals surface area contributed by atoms with Gasteiger partial charge in [-0.15, -0.1) is 6.58 Å². The van der Waals surface area contributed by atoms with Crippen molar-refractivity contribution >= 4 is 6.29 Å². The highest BCUT2D eigenvalue weighted by molar-refractivity contribution is 5.72. The molecule has 0 saturated heterocycles. The summed E-state index contributed by atoms with van der Waals surface area (Å²) in [5.41, 5.74) is 0.906. The molecule has 0 aromatic heterocycles. The predicted octanol–water partition coefficient (Wildman–Crippen LogP) is 3.12. The Bertz CT molecular complexity index is 168. The quantitative estimate of drug-likeness (QED) is 0.336. The largest absolute Gasteiger partial charge is 0.298 e. The molecule has 0 aromatic carbocycles. The molecule has 0 rings (SSSR count). The normalized spacial score (nSPS) is 14.0. The van der Waals surface area contributed by atoms with Crippen LogP contribution in [0, 0.1) is 5.92 Å². The lowest BCUT2D eigenvalue weighted by molar-refractivity contribution is -0.105. The smallest absolute Gasteiger partial charge is 0.145 e. The maximum Gasteiger partial charge on any atom is 0.145 e. The summed E-state index contributed by atoms with van der Waals surface area (Å²) < 4.78 is 0. The average Bonchev–Trinajstić information content (AvgIpc) is 2.12. The molecule has 0 bridgehead atoms. The van der Waals surface area contributed by atoms with Crippen LogP contribution in [0.15, 0.2) is 24.3 Å². The predicted molar refractivity (Wildman–Crippen MR) is 53.0 cm³/mol. The van der Waals surface area contributed by atoms with Gasteiger partial charge in [0.15, 0.2) is 0 Å². The van der Waals surface area contributed by atoms with Crippen molar-refractivity contribution < 1.29 is 4.79 Å². The number of hydrogen-bond acceptors (Lipinski definition) is 1. The molecule has 0 unspecified atom stereocenters. The van der Waals surface area contributed by atoms with Crippen molar-refractivity contribution in [2.24, 2.45) is 5.92 Å². The van der Waals surface area contributed by atoms with E-state index in [1.807, 2.05) is 13.0 Å². The standard InChI is InChI=1S/C11H18O/c1-4-7-10(5-2)8-11(6-3)9-12/h4,8-10H,1,5-7H2,2-3H3/b11-8-/t10-/m0/s1. The summed E-state index contributed by atoms with van der Waals surface area (Å²) in [6, 6.07) is 0. The van der Waals surface area contributed by atoms with Crippen molar-refractivity contribution in [3.8, 4) is 0 Å². The van der Waals surface area contributed by atoms with E-state index in [0.717, 1.165) is 31.1 Å². The molecular formula is C11H18O.